The van der Waals surface area contributed by atoms with Crippen molar-refractivity contribution in [2.75, 3.05) is 20.1 Å². The van der Waals surface area contributed by atoms with E-state index in [9.17, 15) is 0 Å². The number of hydrogen-bond acceptors (Lipinski definition) is 3. The highest BCUT2D eigenvalue weighted by Gasteiger charge is 2.22. The maximum absolute atomic E-state index is 6.10. The van der Waals surface area contributed by atoms with Crippen molar-refractivity contribution in [2.45, 2.75) is 26.0 Å². The van der Waals surface area contributed by atoms with Crippen LogP contribution in [0.2, 0.25) is 0 Å². The number of benzene rings is 1. The Bertz CT molecular complexity index is 468. The van der Waals surface area contributed by atoms with Gasteiger partial charge in [-0.1, -0.05) is 0 Å². The van der Waals surface area contributed by atoms with E-state index in [-0.39, 0.29) is 0 Å². The Hall–Kier alpha value is -1.35. The fourth-order valence-corrected chi connectivity index (χ4v) is 2.55. The summed E-state index contributed by atoms with van der Waals surface area (Å²) < 4.78 is 6.10. The van der Waals surface area contributed by atoms with Gasteiger partial charge in [-0.15, -0.1) is 0 Å². The molecular weight excluding hydrogens is 212 g/mol. The highest BCUT2D eigenvalue weighted by Crippen LogP contribution is 2.27. The summed E-state index contributed by atoms with van der Waals surface area (Å²) in [7, 11) is 2.15. The molecule has 3 rings (SSSR count). The Morgan fingerprint density at radius 1 is 1.41 bits per heavy atom. The van der Waals surface area contributed by atoms with Gasteiger partial charge < -0.3 is 9.64 Å². The largest absolute Gasteiger partial charge is 0.489 e. The van der Waals surface area contributed by atoms with E-state index in [2.05, 4.69) is 36.0 Å². The van der Waals surface area contributed by atoms with E-state index in [1.165, 1.54) is 16.7 Å². The van der Waals surface area contributed by atoms with Gasteiger partial charge in [-0.2, -0.15) is 0 Å². The van der Waals surface area contributed by atoms with E-state index >= 15 is 0 Å². The second-order valence-electron chi connectivity index (χ2n) is 5.08. The monoisotopic (exact) mass is 230 g/mol. The van der Waals surface area contributed by atoms with Crippen LogP contribution in [-0.2, 0) is 6.54 Å². The molecule has 0 N–H and O–H groups in total. The lowest BCUT2D eigenvalue weighted by Gasteiger charge is -2.16. The van der Waals surface area contributed by atoms with Gasteiger partial charge in [0.15, 0.2) is 0 Å². The van der Waals surface area contributed by atoms with Gasteiger partial charge >= 0.3 is 0 Å². The zero-order valence-corrected chi connectivity index (χ0v) is 10.4. The van der Waals surface area contributed by atoms with Crippen molar-refractivity contribution in [1.29, 1.82) is 0 Å². The highest BCUT2D eigenvalue weighted by atomic mass is 16.5. The molecule has 1 fully saturated rings. The lowest BCUT2D eigenvalue weighted by Crippen LogP contribution is -2.21. The molecule has 1 aromatic rings. The van der Waals surface area contributed by atoms with Crippen LogP contribution in [0, 0.1) is 6.92 Å². The SMILES string of the molecule is Cc1cc2c(cc1O[C@H]1CCN(C)C1)CN=C2. The number of hydrogen-bond donors (Lipinski definition) is 0. The van der Waals surface area contributed by atoms with Crippen LogP contribution in [0.15, 0.2) is 17.1 Å². The first-order chi connectivity index (χ1) is 8.22. The molecule has 0 amide bonds. The van der Waals surface area contributed by atoms with Crippen LogP contribution in [-0.4, -0.2) is 37.4 Å². The first-order valence-electron chi connectivity index (χ1n) is 6.21. The number of ether oxygens (including phenoxy) is 1. The minimum atomic E-state index is 0.346. The molecule has 90 valence electrons. The van der Waals surface area contributed by atoms with Gasteiger partial charge in [0.1, 0.15) is 11.9 Å². The maximum Gasteiger partial charge on any atom is 0.123 e. The number of rotatable bonds is 2. The van der Waals surface area contributed by atoms with Crippen molar-refractivity contribution in [3.63, 3.8) is 0 Å². The smallest absolute Gasteiger partial charge is 0.123 e. The predicted octanol–water partition coefficient (Wildman–Crippen LogP) is 2.01. The second-order valence-corrected chi connectivity index (χ2v) is 5.08. The molecule has 2 aliphatic rings. The topological polar surface area (TPSA) is 24.8 Å². The maximum atomic E-state index is 6.10. The van der Waals surface area contributed by atoms with Crippen LogP contribution in [0.1, 0.15) is 23.1 Å². The summed E-state index contributed by atoms with van der Waals surface area (Å²) in [6.45, 7) is 5.09. The second kappa shape index (κ2) is 4.15. The van der Waals surface area contributed by atoms with Crippen LogP contribution >= 0.6 is 0 Å². The van der Waals surface area contributed by atoms with E-state index in [1.807, 2.05) is 6.21 Å². The van der Waals surface area contributed by atoms with Crippen LogP contribution in [0.3, 0.4) is 0 Å². The van der Waals surface area contributed by atoms with Crippen molar-refractivity contribution in [1.82, 2.24) is 4.90 Å². The van der Waals surface area contributed by atoms with Crippen LogP contribution < -0.4 is 4.74 Å². The summed E-state index contributed by atoms with van der Waals surface area (Å²) in [5.74, 6) is 1.04. The summed E-state index contributed by atoms with van der Waals surface area (Å²) in [4.78, 5) is 6.60. The fraction of sp³-hybridized carbons (Fsp3) is 0.500. The molecule has 3 heteroatoms. The van der Waals surface area contributed by atoms with Crippen LogP contribution in [0.5, 0.6) is 5.75 Å². The number of fused-ring (bicyclic) bond motifs is 1. The Labute approximate surface area is 102 Å². The normalized spacial score (nSPS) is 23.1. The Balaban J connectivity index is 1.80. The third-order valence-electron chi connectivity index (χ3n) is 3.57. The van der Waals surface area contributed by atoms with Crippen LogP contribution in [0.25, 0.3) is 0 Å². The molecule has 3 nitrogen and oxygen atoms in total. The van der Waals surface area contributed by atoms with Crippen LogP contribution in [0.4, 0.5) is 0 Å². The number of aliphatic imine (C=N–C) groups is 1. The average molecular weight is 230 g/mol. The zero-order valence-electron chi connectivity index (χ0n) is 10.4. The summed E-state index contributed by atoms with van der Waals surface area (Å²) in [6, 6.07) is 4.34. The van der Waals surface area contributed by atoms with Gasteiger partial charge in [-0.3, -0.25) is 4.99 Å². The minimum absolute atomic E-state index is 0.346. The van der Waals surface area contributed by atoms with Crippen molar-refractivity contribution in [2.24, 2.45) is 4.99 Å². The number of likely N-dealkylation sites (tertiary alicyclic amines) is 1. The highest BCUT2D eigenvalue weighted by molar-refractivity contribution is 5.85. The number of aryl methyl sites for hydroxylation is 1. The molecular formula is C14H18N2O. The summed E-state index contributed by atoms with van der Waals surface area (Å²) in [5.41, 5.74) is 3.75. The zero-order chi connectivity index (χ0) is 11.8. The predicted molar refractivity (Wildman–Crippen MR) is 69.0 cm³/mol. The molecule has 0 bridgehead atoms. The van der Waals surface area contributed by atoms with Gasteiger partial charge in [-0.05, 0) is 49.2 Å². The first-order valence-corrected chi connectivity index (χ1v) is 6.21. The molecule has 0 unspecified atom stereocenters. The van der Waals surface area contributed by atoms with Gasteiger partial charge in [0.05, 0.1) is 6.54 Å². The summed E-state index contributed by atoms with van der Waals surface area (Å²) in [6.07, 6.45) is 3.43. The third-order valence-corrected chi connectivity index (χ3v) is 3.57. The molecule has 17 heavy (non-hydrogen) atoms. The quantitative estimate of drug-likeness (QED) is 0.776. The van der Waals surface area contributed by atoms with Crippen molar-refractivity contribution in [3.8, 4) is 5.75 Å². The van der Waals surface area contributed by atoms with E-state index < -0.39 is 0 Å². The molecule has 0 spiro atoms. The molecule has 0 aromatic heterocycles. The third kappa shape index (κ3) is 2.07. The molecule has 1 atom stereocenters. The summed E-state index contributed by atoms with van der Waals surface area (Å²) in [5, 5.41) is 0. The van der Waals surface area contributed by atoms with Gasteiger partial charge in [0, 0.05) is 19.3 Å². The van der Waals surface area contributed by atoms with Gasteiger partial charge in [0.25, 0.3) is 0 Å². The lowest BCUT2D eigenvalue weighted by molar-refractivity contribution is 0.206. The molecule has 2 aliphatic heterocycles. The van der Waals surface area contributed by atoms with Crippen molar-refractivity contribution >= 4 is 6.21 Å². The Morgan fingerprint density at radius 2 is 2.29 bits per heavy atom. The lowest BCUT2D eigenvalue weighted by atomic mass is 10.1. The van der Waals surface area contributed by atoms with E-state index in [0.717, 1.165) is 31.8 Å². The molecule has 2 heterocycles. The van der Waals surface area contributed by atoms with Gasteiger partial charge in [-0.25, -0.2) is 0 Å². The summed E-state index contributed by atoms with van der Waals surface area (Å²) >= 11 is 0. The molecule has 1 aromatic carbocycles. The Kier molecular flexibility index (Phi) is 2.63. The average Bonchev–Trinajstić information content (AvgIpc) is 2.88. The number of likely N-dealkylation sites (N-methyl/N-ethyl adjacent to an activating group) is 1. The van der Waals surface area contributed by atoms with Gasteiger partial charge in [0.2, 0.25) is 0 Å². The van der Waals surface area contributed by atoms with E-state index in [4.69, 9.17) is 4.74 Å². The standard InChI is InChI=1S/C14H18N2O/c1-10-5-11-7-15-8-12(11)6-14(10)17-13-3-4-16(2)9-13/h5-7,13H,3-4,8-9H2,1-2H3/t13-/m0/s1. The molecule has 0 saturated carbocycles. The van der Waals surface area contributed by atoms with Crippen molar-refractivity contribution in [3.05, 3.63) is 28.8 Å². The molecule has 0 radical (unpaired) electrons. The minimum Gasteiger partial charge on any atom is -0.489 e. The van der Waals surface area contributed by atoms with Crippen molar-refractivity contribution < 1.29 is 4.74 Å². The number of nitrogens with zero attached hydrogens (tertiary/aromatic N) is 2. The molecule has 1 saturated heterocycles. The first kappa shape index (κ1) is 10.8. The fourth-order valence-electron chi connectivity index (χ4n) is 2.55. The molecule has 0 aliphatic carbocycles. The van der Waals surface area contributed by atoms with E-state index in [0.29, 0.717) is 6.10 Å². The van der Waals surface area contributed by atoms with E-state index in [1.54, 1.807) is 0 Å². The Morgan fingerprint density at radius 3 is 3.06 bits per heavy atom.